The molecule has 0 radical (unpaired) electrons. The van der Waals surface area contributed by atoms with E-state index in [0.29, 0.717) is 24.7 Å². The van der Waals surface area contributed by atoms with Crippen LogP contribution in [-0.2, 0) is 11.3 Å². The van der Waals surface area contributed by atoms with Crippen LogP contribution in [0.25, 0.3) is 5.69 Å². The summed E-state index contributed by atoms with van der Waals surface area (Å²) in [4.78, 5) is 2.13. The smallest absolute Gasteiger partial charge is 0.227 e. The molecule has 0 spiro atoms. The molecule has 0 saturated carbocycles. The maximum Gasteiger partial charge on any atom is 0.227 e. The van der Waals surface area contributed by atoms with Crippen LogP contribution in [0.2, 0.25) is 0 Å². The van der Waals surface area contributed by atoms with E-state index in [1.165, 1.54) is 12.1 Å². The van der Waals surface area contributed by atoms with Crippen molar-refractivity contribution < 1.29 is 19.0 Å². The third kappa shape index (κ3) is 6.65. The van der Waals surface area contributed by atoms with E-state index in [1.807, 2.05) is 37.3 Å². The Balaban J connectivity index is 1.93. The number of para-hydroxylation sites is 1. The van der Waals surface area contributed by atoms with Crippen molar-refractivity contribution in [3.05, 3.63) is 71.7 Å². The highest BCUT2D eigenvalue weighted by Gasteiger charge is 2.24. The van der Waals surface area contributed by atoms with Crippen LogP contribution in [0.1, 0.15) is 25.1 Å². The standard InChI is InChI=1S/C26H30FN3O3/c1-5-15-32-18-23(31)16-29(19(2)3)17-25-20(4)28-30(22-9-7-6-8-10-22)26(25)33-24-13-11-21(27)12-14-24/h1,6-14,19,23,31H,15-18H2,2-4H3/t23-/m1/s1. The van der Waals surface area contributed by atoms with Crippen molar-refractivity contribution in [2.75, 3.05) is 19.8 Å². The molecular weight excluding hydrogens is 421 g/mol. The zero-order chi connectivity index (χ0) is 23.8. The molecule has 2 aromatic carbocycles. The van der Waals surface area contributed by atoms with Crippen molar-refractivity contribution in [2.45, 2.75) is 39.5 Å². The van der Waals surface area contributed by atoms with Gasteiger partial charge in [0.05, 0.1) is 29.7 Å². The summed E-state index contributed by atoms with van der Waals surface area (Å²) in [7, 11) is 0. The van der Waals surface area contributed by atoms with Gasteiger partial charge in [0.1, 0.15) is 18.2 Å². The lowest BCUT2D eigenvalue weighted by atomic mass is 10.2. The highest BCUT2D eigenvalue weighted by molar-refractivity contribution is 5.43. The summed E-state index contributed by atoms with van der Waals surface area (Å²) in [6, 6.07) is 15.7. The van der Waals surface area contributed by atoms with E-state index in [0.717, 1.165) is 16.9 Å². The summed E-state index contributed by atoms with van der Waals surface area (Å²) >= 11 is 0. The number of ether oxygens (including phenoxy) is 2. The molecule has 0 aliphatic rings. The Morgan fingerprint density at radius 2 is 1.85 bits per heavy atom. The fraction of sp³-hybridized carbons (Fsp3) is 0.346. The topological polar surface area (TPSA) is 59.8 Å². The third-order valence-corrected chi connectivity index (χ3v) is 5.20. The molecular formula is C26H30FN3O3. The fourth-order valence-electron chi connectivity index (χ4n) is 3.42. The van der Waals surface area contributed by atoms with E-state index in [2.05, 4.69) is 24.7 Å². The maximum atomic E-state index is 13.4. The molecule has 0 unspecified atom stereocenters. The minimum atomic E-state index is -0.688. The number of hydrogen-bond donors (Lipinski definition) is 1. The molecule has 0 amide bonds. The molecule has 0 fully saturated rings. The first kappa shape index (κ1) is 24.5. The third-order valence-electron chi connectivity index (χ3n) is 5.20. The SMILES string of the molecule is C#CCOC[C@H](O)CN(Cc1c(C)nn(-c2ccccc2)c1Oc1ccc(F)cc1)C(C)C. The number of halogens is 1. The molecule has 0 aliphatic heterocycles. The Bertz CT molecular complexity index is 1060. The number of hydrogen-bond acceptors (Lipinski definition) is 5. The molecule has 1 atom stereocenters. The summed E-state index contributed by atoms with van der Waals surface area (Å²) in [5.41, 5.74) is 2.54. The number of aliphatic hydroxyl groups excluding tert-OH is 1. The summed E-state index contributed by atoms with van der Waals surface area (Å²) in [6.45, 7) is 7.27. The molecule has 0 aliphatic carbocycles. The first-order valence-electron chi connectivity index (χ1n) is 10.9. The maximum absolute atomic E-state index is 13.4. The molecule has 0 bridgehead atoms. The average molecular weight is 452 g/mol. The zero-order valence-electron chi connectivity index (χ0n) is 19.2. The summed E-state index contributed by atoms with van der Waals surface area (Å²) in [6.07, 6.45) is 4.52. The molecule has 3 aromatic rings. The van der Waals surface area contributed by atoms with Crippen LogP contribution in [-0.4, -0.2) is 51.7 Å². The molecule has 6 nitrogen and oxygen atoms in total. The number of aromatic nitrogens is 2. The van der Waals surface area contributed by atoms with Crippen molar-refractivity contribution in [3.8, 4) is 29.7 Å². The van der Waals surface area contributed by atoms with Crippen LogP contribution in [0.4, 0.5) is 4.39 Å². The number of benzene rings is 2. The second kappa shape index (κ2) is 11.6. The molecule has 0 saturated heterocycles. The van der Waals surface area contributed by atoms with Crippen LogP contribution < -0.4 is 4.74 Å². The predicted molar refractivity (Wildman–Crippen MR) is 126 cm³/mol. The summed E-state index contributed by atoms with van der Waals surface area (Å²) < 4.78 is 26.7. The number of aliphatic hydroxyl groups is 1. The molecule has 33 heavy (non-hydrogen) atoms. The van der Waals surface area contributed by atoms with Gasteiger partial charge in [-0.3, -0.25) is 4.90 Å². The molecule has 174 valence electrons. The van der Waals surface area contributed by atoms with Crippen molar-refractivity contribution in [2.24, 2.45) is 0 Å². The van der Waals surface area contributed by atoms with Crippen LogP contribution >= 0.6 is 0 Å². The van der Waals surface area contributed by atoms with Gasteiger partial charge in [0.2, 0.25) is 5.88 Å². The van der Waals surface area contributed by atoms with Crippen LogP contribution in [0.15, 0.2) is 54.6 Å². The summed E-state index contributed by atoms with van der Waals surface area (Å²) in [5, 5.41) is 15.2. The van der Waals surface area contributed by atoms with Crippen LogP contribution in [0.5, 0.6) is 11.6 Å². The van der Waals surface area contributed by atoms with Crippen LogP contribution in [0, 0.1) is 25.1 Å². The minimum Gasteiger partial charge on any atom is -0.439 e. The number of rotatable bonds is 11. The number of nitrogens with zero attached hydrogens (tertiary/aromatic N) is 3. The predicted octanol–water partition coefficient (Wildman–Crippen LogP) is 4.33. The number of aryl methyl sites for hydroxylation is 1. The van der Waals surface area contributed by atoms with Gasteiger partial charge in [-0.1, -0.05) is 24.1 Å². The second-order valence-electron chi connectivity index (χ2n) is 8.07. The lowest BCUT2D eigenvalue weighted by molar-refractivity contribution is 0.0190. The Hall–Kier alpha value is -3.18. The molecule has 7 heteroatoms. The lowest BCUT2D eigenvalue weighted by Gasteiger charge is -2.28. The first-order chi connectivity index (χ1) is 15.9. The van der Waals surface area contributed by atoms with E-state index < -0.39 is 6.10 Å². The second-order valence-corrected chi connectivity index (χ2v) is 8.07. The largest absolute Gasteiger partial charge is 0.439 e. The van der Waals surface area contributed by atoms with Crippen molar-refractivity contribution in [3.63, 3.8) is 0 Å². The van der Waals surface area contributed by atoms with E-state index in [9.17, 15) is 9.50 Å². The highest BCUT2D eigenvalue weighted by Crippen LogP contribution is 2.32. The lowest BCUT2D eigenvalue weighted by Crippen LogP contribution is -2.39. The quantitative estimate of drug-likeness (QED) is 0.347. The monoisotopic (exact) mass is 451 g/mol. The van der Waals surface area contributed by atoms with Crippen molar-refractivity contribution >= 4 is 0 Å². The fourth-order valence-corrected chi connectivity index (χ4v) is 3.42. The Morgan fingerprint density at radius 3 is 2.48 bits per heavy atom. The Labute approximate surface area is 194 Å². The van der Waals surface area contributed by atoms with Gasteiger partial charge in [0, 0.05) is 19.1 Å². The van der Waals surface area contributed by atoms with Gasteiger partial charge in [0.25, 0.3) is 0 Å². The van der Waals surface area contributed by atoms with Gasteiger partial charge < -0.3 is 14.6 Å². The van der Waals surface area contributed by atoms with Gasteiger partial charge in [-0.25, -0.2) is 9.07 Å². The Morgan fingerprint density at radius 1 is 1.15 bits per heavy atom. The average Bonchev–Trinajstić information content (AvgIpc) is 3.10. The molecule has 1 N–H and O–H groups in total. The Kier molecular flexibility index (Phi) is 8.61. The normalized spacial score (nSPS) is 12.2. The first-order valence-corrected chi connectivity index (χ1v) is 10.9. The minimum absolute atomic E-state index is 0.144. The van der Waals surface area contributed by atoms with Crippen molar-refractivity contribution in [1.82, 2.24) is 14.7 Å². The van der Waals surface area contributed by atoms with E-state index in [-0.39, 0.29) is 25.1 Å². The van der Waals surface area contributed by atoms with Gasteiger partial charge in [-0.15, -0.1) is 6.42 Å². The molecule has 1 heterocycles. The van der Waals surface area contributed by atoms with Crippen molar-refractivity contribution in [1.29, 1.82) is 0 Å². The zero-order valence-corrected chi connectivity index (χ0v) is 19.2. The van der Waals surface area contributed by atoms with Gasteiger partial charge >= 0.3 is 0 Å². The van der Waals surface area contributed by atoms with Crippen LogP contribution in [0.3, 0.4) is 0 Å². The van der Waals surface area contributed by atoms with E-state index in [1.54, 1.807) is 16.8 Å². The van der Waals surface area contributed by atoms with Gasteiger partial charge in [0.15, 0.2) is 0 Å². The molecule has 1 aromatic heterocycles. The molecule has 3 rings (SSSR count). The van der Waals surface area contributed by atoms with Gasteiger partial charge in [-0.05, 0) is 57.2 Å². The van der Waals surface area contributed by atoms with E-state index in [4.69, 9.17) is 21.0 Å². The van der Waals surface area contributed by atoms with E-state index >= 15 is 0 Å². The summed E-state index contributed by atoms with van der Waals surface area (Å²) in [5.74, 6) is 3.13. The number of terminal acetylenes is 1. The van der Waals surface area contributed by atoms with Gasteiger partial charge in [-0.2, -0.15) is 5.10 Å². The highest BCUT2D eigenvalue weighted by atomic mass is 19.1.